The maximum absolute atomic E-state index is 12.8. The fourth-order valence-electron chi connectivity index (χ4n) is 2.23. The number of anilines is 1. The van der Waals surface area contributed by atoms with Gasteiger partial charge in [-0.25, -0.2) is 0 Å². The number of hydrogen-bond donors (Lipinski definition) is 1. The predicted octanol–water partition coefficient (Wildman–Crippen LogP) is 5.01. The Labute approximate surface area is 154 Å². The first kappa shape index (κ1) is 20.1. The topological polar surface area (TPSA) is 56.2 Å². The van der Waals surface area contributed by atoms with Gasteiger partial charge in [0, 0.05) is 18.4 Å². The van der Waals surface area contributed by atoms with Crippen molar-refractivity contribution in [3.05, 3.63) is 40.5 Å². The third-order valence-electron chi connectivity index (χ3n) is 3.40. The summed E-state index contributed by atoms with van der Waals surface area (Å²) in [6.07, 6.45) is -1.43. The van der Waals surface area contributed by atoms with Crippen LogP contribution in [-0.2, 0) is 12.7 Å². The molecule has 142 valence electrons. The molecule has 2 rings (SSSR count). The number of aromatic nitrogens is 2. The zero-order valence-electron chi connectivity index (χ0n) is 14.4. The molecule has 1 N–H and O–H groups in total. The molecule has 0 saturated carbocycles. The smallest absolute Gasteiger partial charge is 0.417 e. The fraction of sp³-hybridized carbons (Fsp3) is 0.412. The van der Waals surface area contributed by atoms with E-state index in [4.69, 9.17) is 16.3 Å². The molecular formula is C17H19ClF3N3O2. The van der Waals surface area contributed by atoms with Crippen LogP contribution in [0.25, 0.3) is 0 Å². The number of halogens is 4. The number of amides is 1. The molecule has 26 heavy (non-hydrogen) atoms. The molecule has 0 atom stereocenters. The lowest BCUT2D eigenvalue weighted by Gasteiger charge is -2.11. The van der Waals surface area contributed by atoms with Crippen LogP contribution < -0.4 is 10.1 Å². The van der Waals surface area contributed by atoms with Gasteiger partial charge in [0.1, 0.15) is 5.56 Å². The highest BCUT2D eigenvalue weighted by Crippen LogP contribution is 2.36. The van der Waals surface area contributed by atoms with Crippen LogP contribution in [0.2, 0.25) is 5.02 Å². The van der Waals surface area contributed by atoms with E-state index in [0.717, 1.165) is 31.0 Å². The summed E-state index contributed by atoms with van der Waals surface area (Å²) in [4.78, 5) is 12.5. The SMILES string of the molecule is CCCOc1nn(CCC)cc1C(=O)Nc1ccc(C(F)(F)F)c(Cl)c1. The van der Waals surface area contributed by atoms with Crippen molar-refractivity contribution in [2.75, 3.05) is 11.9 Å². The van der Waals surface area contributed by atoms with Crippen molar-refractivity contribution < 1.29 is 22.7 Å². The van der Waals surface area contributed by atoms with Crippen molar-refractivity contribution in [3.8, 4) is 5.88 Å². The first-order valence-corrected chi connectivity index (χ1v) is 8.52. The summed E-state index contributed by atoms with van der Waals surface area (Å²) in [5.74, 6) is -0.343. The number of benzene rings is 1. The Hall–Kier alpha value is -2.22. The summed E-state index contributed by atoms with van der Waals surface area (Å²) >= 11 is 5.68. The Morgan fingerprint density at radius 1 is 1.31 bits per heavy atom. The van der Waals surface area contributed by atoms with Crippen LogP contribution in [-0.4, -0.2) is 22.3 Å². The van der Waals surface area contributed by atoms with E-state index in [1.165, 1.54) is 0 Å². The van der Waals surface area contributed by atoms with Gasteiger partial charge in [-0.1, -0.05) is 25.4 Å². The van der Waals surface area contributed by atoms with E-state index in [-0.39, 0.29) is 17.1 Å². The predicted molar refractivity (Wildman–Crippen MR) is 92.7 cm³/mol. The van der Waals surface area contributed by atoms with Gasteiger partial charge in [0.15, 0.2) is 0 Å². The Morgan fingerprint density at radius 3 is 2.62 bits per heavy atom. The number of carbonyl (C=O) groups is 1. The van der Waals surface area contributed by atoms with Gasteiger partial charge < -0.3 is 10.1 Å². The van der Waals surface area contributed by atoms with Gasteiger partial charge in [-0.2, -0.15) is 13.2 Å². The normalized spacial score (nSPS) is 11.5. The number of alkyl halides is 3. The summed E-state index contributed by atoms with van der Waals surface area (Å²) in [5.41, 5.74) is -0.597. The quantitative estimate of drug-likeness (QED) is 0.724. The number of ether oxygens (including phenoxy) is 1. The minimum Gasteiger partial charge on any atom is -0.476 e. The lowest BCUT2D eigenvalue weighted by Crippen LogP contribution is -2.13. The molecule has 0 unspecified atom stereocenters. The lowest BCUT2D eigenvalue weighted by molar-refractivity contribution is -0.137. The largest absolute Gasteiger partial charge is 0.476 e. The van der Waals surface area contributed by atoms with Gasteiger partial charge in [0.2, 0.25) is 5.88 Å². The first-order valence-electron chi connectivity index (χ1n) is 8.14. The van der Waals surface area contributed by atoms with E-state index in [2.05, 4.69) is 10.4 Å². The second-order valence-corrected chi connectivity index (χ2v) is 6.01. The number of rotatable bonds is 7. The Kier molecular flexibility index (Phi) is 6.52. The summed E-state index contributed by atoms with van der Waals surface area (Å²) < 4.78 is 45.4. The molecule has 0 spiro atoms. The third-order valence-corrected chi connectivity index (χ3v) is 3.71. The van der Waals surface area contributed by atoms with Crippen LogP contribution in [0.15, 0.2) is 24.4 Å². The molecule has 0 bridgehead atoms. The van der Waals surface area contributed by atoms with Gasteiger partial charge in [0.25, 0.3) is 5.91 Å². The average Bonchev–Trinajstić information content (AvgIpc) is 2.95. The van der Waals surface area contributed by atoms with E-state index in [1.807, 2.05) is 13.8 Å². The summed E-state index contributed by atoms with van der Waals surface area (Å²) in [6, 6.07) is 3.04. The molecule has 9 heteroatoms. The van der Waals surface area contributed by atoms with E-state index in [1.54, 1.807) is 10.9 Å². The highest BCUT2D eigenvalue weighted by molar-refractivity contribution is 6.31. The molecule has 0 aliphatic heterocycles. The van der Waals surface area contributed by atoms with E-state index < -0.39 is 22.7 Å². The fourth-order valence-corrected chi connectivity index (χ4v) is 2.52. The average molecular weight is 390 g/mol. The number of nitrogens with zero attached hydrogens (tertiary/aromatic N) is 2. The van der Waals surface area contributed by atoms with Crippen molar-refractivity contribution >= 4 is 23.2 Å². The molecular weight excluding hydrogens is 371 g/mol. The van der Waals surface area contributed by atoms with Crippen LogP contribution in [0.4, 0.5) is 18.9 Å². The molecule has 1 aromatic heterocycles. The zero-order valence-corrected chi connectivity index (χ0v) is 15.1. The third kappa shape index (κ3) is 4.91. The van der Waals surface area contributed by atoms with E-state index >= 15 is 0 Å². The molecule has 2 aromatic rings. The van der Waals surface area contributed by atoms with Crippen LogP contribution in [0.3, 0.4) is 0 Å². The minimum absolute atomic E-state index is 0.151. The van der Waals surface area contributed by atoms with Crippen LogP contribution in [0.1, 0.15) is 42.6 Å². The van der Waals surface area contributed by atoms with Crippen molar-refractivity contribution in [2.45, 2.75) is 39.4 Å². The van der Waals surface area contributed by atoms with Gasteiger partial charge >= 0.3 is 6.18 Å². The minimum atomic E-state index is -4.55. The molecule has 0 fully saturated rings. The number of aryl methyl sites for hydroxylation is 1. The summed E-state index contributed by atoms with van der Waals surface area (Å²) in [5, 5.41) is 6.26. The van der Waals surface area contributed by atoms with Gasteiger partial charge in [0.05, 0.1) is 17.2 Å². The molecule has 0 aliphatic carbocycles. The molecule has 1 amide bonds. The monoisotopic (exact) mass is 389 g/mol. The number of carbonyl (C=O) groups excluding carboxylic acids is 1. The maximum atomic E-state index is 12.8. The van der Waals surface area contributed by atoms with E-state index in [9.17, 15) is 18.0 Å². The summed E-state index contributed by atoms with van der Waals surface area (Å²) in [6.45, 7) is 4.91. The van der Waals surface area contributed by atoms with Crippen molar-refractivity contribution in [1.29, 1.82) is 0 Å². The highest BCUT2D eigenvalue weighted by atomic mass is 35.5. The van der Waals surface area contributed by atoms with Crippen molar-refractivity contribution in [2.24, 2.45) is 0 Å². The van der Waals surface area contributed by atoms with E-state index in [0.29, 0.717) is 13.2 Å². The molecule has 0 saturated heterocycles. The second-order valence-electron chi connectivity index (χ2n) is 5.61. The van der Waals surface area contributed by atoms with Crippen LogP contribution in [0.5, 0.6) is 5.88 Å². The lowest BCUT2D eigenvalue weighted by atomic mass is 10.2. The molecule has 0 aliphatic rings. The van der Waals surface area contributed by atoms with Crippen molar-refractivity contribution in [1.82, 2.24) is 9.78 Å². The highest BCUT2D eigenvalue weighted by Gasteiger charge is 2.33. The number of nitrogens with one attached hydrogen (secondary N) is 1. The van der Waals surface area contributed by atoms with Crippen LogP contribution >= 0.6 is 11.6 Å². The second kappa shape index (κ2) is 8.44. The van der Waals surface area contributed by atoms with Gasteiger partial charge in [-0.15, -0.1) is 5.10 Å². The Morgan fingerprint density at radius 2 is 2.04 bits per heavy atom. The molecule has 1 heterocycles. The van der Waals surface area contributed by atoms with Crippen molar-refractivity contribution in [3.63, 3.8) is 0 Å². The molecule has 0 radical (unpaired) electrons. The van der Waals surface area contributed by atoms with Gasteiger partial charge in [-0.05, 0) is 31.0 Å². The maximum Gasteiger partial charge on any atom is 0.417 e. The van der Waals surface area contributed by atoms with Gasteiger partial charge in [-0.3, -0.25) is 9.48 Å². The molecule has 5 nitrogen and oxygen atoms in total. The Bertz CT molecular complexity index is 775. The van der Waals surface area contributed by atoms with Crippen LogP contribution in [0, 0.1) is 0 Å². The Balaban J connectivity index is 2.22. The first-order chi connectivity index (χ1) is 12.3. The summed E-state index contributed by atoms with van der Waals surface area (Å²) in [7, 11) is 0. The standard InChI is InChI=1S/C17H19ClF3N3O2/c1-3-7-24-10-12(16(23-24)26-8-4-2)15(25)22-11-5-6-13(14(18)9-11)17(19,20)21/h5-6,9-10H,3-4,7-8H2,1-2H3,(H,22,25). The molecule has 1 aromatic carbocycles. The number of hydrogen-bond acceptors (Lipinski definition) is 3. The zero-order chi connectivity index (χ0) is 19.3.